The molecule has 0 bridgehead atoms. The molecule has 0 saturated carbocycles. The second kappa shape index (κ2) is 10.9. The first-order valence-corrected chi connectivity index (χ1v) is 11.8. The number of ether oxygens (including phenoxy) is 2. The molecule has 3 aromatic rings. The first kappa shape index (κ1) is 26.6. The van der Waals surface area contributed by atoms with Crippen molar-refractivity contribution in [2.75, 3.05) is 7.11 Å². The number of hydrogen-bond acceptors (Lipinski definition) is 9. The Morgan fingerprint density at radius 2 is 1.76 bits per heavy atom. The van der Waals surface area contributed by atoms with Gasteiger partial charge in [-0.25, -0.2) is 4.39 Å². The summed E-state index contributed by atoms with van der Waals surface area (Å²) in [5.74, 6) is -1.35. The van der Waals surface area contributed by atoms with Gasteiger partial charge in [-0.3, -0.25) is 34.7 Å². The first-order valence-electron chi connectivity index (χ1n) is 10.6. The van der Waals surface area contributed by atoms with E-state index in [4.69, 9.17) is 21.1 Å². The molecule has 1 aliphatic heterocycles. The summed E-state index contributed by atoms with van der Waals surface area (Å²) < 4.78 is 25.1. The molecule has 1 fully saturated rings. The van der Waals surface area contributed by atoms with E-state index in [1.807, 2.05) is 0 Å². The average Bonchev–Trinajstić information content (AvgIpc) is 3.14. The predicted octanol–water partition coefficient (Wildman–Crippen LogP) is 6.33. The Hall–Kier alpha value is -4.49. The molecule has 4 rings (SSSR count). The van der Waals surface area contributed by atoms with Gasteiger partial charge in [0, 0.05) is 16.7 Å². The van der Waals surface area contributed by atoms with E-state index >= 15 is 0 Å². The van der Waals surface area contributed by atoms with Crippen molar-refractivity contribution in [2.45, 2.75) is 6.54 Å². The van der Waals surface area contributed by atoms with E-state index in [0.29, 0.717) is 17.3 Å². The maximum Gasteiger partial charge on any atom is 0.318 e. The van der Waals surface area contributed by atoms with Crippen LogP contribution in [0.25, 0.3) is 6.08 Å². The van der Waals surface area contributed by atoms with Crippen LogP contribution in [0.5, 0.6) is 17.2 Å². The van der Waals surface area contributed by atoms with E-state index in [1.54, 1.807) is 0 Å². The Bertz CT molecular complexity index is 1510. The lowest BCUT2D eigenvalue weighted by Gasteiger charge is -2.14. The summed E-state index contributed by atoms with van der Waals surface area (Å²) >= 11 is 6.69. The topological polar surface area (TPSA) is 142 Å². The summed E-state index contributed by atoms with van der Waals surface area (Å²) in [7, 11) is 1.32. The van der Waals surface area contributed by atoms with Gasteiger partial charge >= 0.3 is 5.69 Å². The summed E-state index contributed by atoms with van der Waals surface area (Å²) in [6, 6.07) is 11.4. The number of amides is 2. The molecule has 0 aliphatic carbocycles. The molecule has 14 heteroatoms. The lowest BCUT2D eigenvalue weighted by atomic mass is 10.1. The molecule has 0 unspecified atom stereocenters. The highest BCUT2D eigenvalue weighted by Crippen LogP contribution is 2.40. The van der Waals surface area contributed by atoms with E-state index in [2.05, 4.69) is 0 Å². The van der Waals surface area contributed by atoms with Crippen molar-refractivity contribution in [1.82, 2.24) is 4.90 Å². The molecule has 11 nitrogen and oxygen atoms in total. The van der Waals surface area contributed by atoms with Gasteiger partial charge in [0.1, 0.15) is 5.82 Å². The number of non-ortho nitro benzene ring substituents is 1. The normalized spacial score (nSPS) is 14.2. The van der Waals surface area contributed by atoms with Gasteiger partial charge in [0.25, 0.3) is 16.8 Å². The standard InChI is InChI=1S/C24H15ClFN3O8S/c1-36-21-9-13(5-7-20(21)37-19-8-6-14(28(32)33)11-18(19)29(34)35)10-22-23(30)27(24(31)38-22)12-15-16(25)3-2-4-17(15)26/h2-11H,12H2,1H3/b22-10+. The zero-order valence-corrected chi connectivity index (χ0v) is 20.8. The van der Waals surface area contributed by atoms with Crippen LogP contribution in [0.3, 0.4) is 0 Å². The molecule has 0 atom stereocenters. The van der Waals surface area contributed by atoms with Crippen molar-refractivity contribution in [3.05, 3.63) is 102 Å². The van der Waals surface area contributed by atoms with Crippen LogP contribution in [0.15, 0.2) is 59.5 Å². The van der Waals surface area contributed by atoms with E-state index in [0.717, 1.165) is 23.1 Å². The van der Waals surface area contributed by atoms with Crippen LogP contribution >= 0.6 is 23.4 Å². The highest BCUT2D eigenvalue weighted by atomic mass is 35.5. The van der Waals surface area contributed by atoms with Gasteiger partial charge in [0.05, 0.1) is 34.5 Å². The van der Waals surface area contributed by atoms with Gasteiger partial charge in [0.2, 0.25) is 5.75 Å². The van der Waals surface area contributed by atoms with Crippen molar-refractivity contribution in [3.63, 3.8) is 0 Å². The first-order chi connectivity index (χ1) is 18.1. The van der Waals surface area contributed by atoms with Gasteiger partial charge in [-0.05, 0) is 53.7 Å². The van der Waals surface area contributed by atoms with Crippen LogP contribution in [0.2, 0.25) is 5.02 Å². The summed E-state index contributed by atoms with van der Waals surface area (Å²) in [4.78, 5) is 47.1. The van der Waals surface area contributed by atoms with Crippen molar-refractivity contribution >= 4 is 52.0 Å². The molecule has 0 spiro atoms. The van der Waals surface area contributed by atoms with E-state index in [1.165, 1.54) is 49.6 Å². The molecular weight excluding hydrogens is 545 g/mol. The molecule has 0 aromatic heterocycles. The minimum Gasteiger partial charge on any atom is -0.493 e. The Labute approximate surface area is 222 Å². The molecule has 1 heterocycles. The van der Waals surface area contributed by atoms with Crippen molar-refractivity contribution in [3.8, 4) is 17.2 Å². The fourth-order valence-corrected chi connectivity index (χ4v) is 4.52. The molecule has 0 N–H and O–H groups in total. The van der Waals surface area contributed by atoms with E-state index in [9.17, 15) is 34.2 Å². The smallest absolute Gasteiger partial charge is 0.318 e. The Morgan fingerprint density at radius 3 is 2.42 bits per heavy atom. The van der Waals surface area contributed by atoms with Crippen LogP contribution in [0.4, 0.5) is 20.6 Å². The number of carbonyl (C=O) groups excluding carboxylic acids is 2. The van der Waals surface area contributed by atoms with Crippen LogP contribution in [-0.4, -0.2) is 33.0 Å². The monoisotopic (exact) mass is 559 g/mol. The fourth-order valence-electron chi connectivity index (χ4n) is 3.45. The van der Waals surface area contributed by atoms with Crippen LogP contribution < -0.4 is 9.47 Å². The second-order valence-electron chi connectivity index (χ2n) is 7.65. The van der Waals surface area contributed by atoms with Gasteiger partial charge in [0.15, 0.2) is 11.5 Å². The van der Waals surface area contributed by atoms with Gasteiger partial charge in [-0.15, -0.1) is 0 Å². The largest absolute Gasteiger partial charge is 0.493 e. The minimum atomic E-state index is -0.812. The Morgan fingerprint density at radius 1 is 1.03 bits per heavy atom. The SMILES string of the molecule is COc1cc(/C=C2/SC(=O)N(Cc3c(F)cccc3Cl)C2=O)ccc1Oc1ccc([N+](=O)[O-])cc1[N+](=O)[O-]. The average molecular weight is 560 g/mol. The van der Waals surface area contributed by atoms with Crippen LogP contribution in [0, 0.1) is 26.0 Å². The number of imide groups is 1. The third-order valence-corrected chi connectivity index (χ3v) is 6.57. The quantitative estimate of drug-likeness (QED) is 0.175. The number of rotatable bonds is 8. The zero-order valence-electron chi connectivity index (χ0n) is 19.3. The number of benzene rings is 3. The van der Waals surface area contributed by atoms with Crippen molar-refractivity contribution in [2.24, 2.45) is 0 Å². The zero-order chi connectivity index (χ0) is 27.6. The number of carbonyl (C=O) groups is 2. The Kier molecular flexibility index (Phi) is 7.60. The number of thioether (sulfide) groups is 1. The number of nitrogens with zero attached hydrogens (tertiary/aromatic N) is 3. The van der Waals surface area contributed by atoms with E-state index < -0.39 is 38.2 Å². The van der Waals surface area contributed by atoms with Gasteiger partial charge in [-0.1, -0.05) is 23.7 Å². The summed E-state index contributed by atoms with van der Waals surface area (Å²) in [6.07, 6.45) is 1.43. The summed E-state index contributed by atoms with van der Waals surface area (Å²) in [6.45, 7) is -0.336. The lowest BCUT2D eigenvalue weighted by molar-refractivity contribution is -0.394. The molecular formula is C24H15ClFN3O8S. The number of hydrogen-bond donors (Lipinski definition) is 0. The number of nitro groups is 2. The fraction of sp³-hybridized carbons (Fsp3) is 0.0833. The lowest BCUT2D eigenvalue weighted by Crippen LogP contribution is -2.28. The summed E-state index contributed by atoms with van der Waals surface area (Å²) in [5.41, 5.74) is -0.644. The van der Waals surface area contributed by atoms with Gasteiger partial charge in [-0.2, -0.15) is 0 Å². The maximum atomic E-state index is 14.2. The van der Waals surface area contributed by atoms with Crippen molar-refractivity contribution in [1.29, 1.82) is 0 Å². The molecule has 1 aliphatic rings. The summed E-state index contributed by atoms with van der Waals surface area (Å²) in [5, 5.41) is 21.8. The molecule has 194 valence electrons. The number of nitro benzene ring substituents is 2. The third kappa shape index (κ3) is 5.43. The van der Waals surface area contributed by atoms with Crippen LogP contribution in [0.1, 0.15) is 11.1 Å². The molecule has 2 amide bonds. The van der Waals surface area contributed by atoms with Crippen LogP contribution in [-0.2, 0) is 11.3 Å². The maximum absolute atomic E-state index is 14.2. The Balaban J connectivity index is 1.59. The molecule has 38 heavy (non-hydrogen) atoms. The second-order valence-corrected chi connectivity index (χ2v) is 9.05. The molecule has 0 radical (unpaired) electrons. The van der Waals surface area contributed by atoms with Gasteiger partial charge < -0.3 is 9.47 Å². The van der Waals surface area contributed by atoms with Crippen molar-refractivity contribution < 1.29 is 33.3 Å². The predicted molar refractivity (Wildman–Crippen MR) is 136 cm³/mol. The highest BCUT2D eigenvalue weighted by molar-refractivity contribution is 8.18. The molecule has 3 aromatic carbocycles. The number of methoxy groups -OCH3 is 1. The minimum absolute atomic E-state index is 0.0150. The molecule has 1 saturated heterocycles. The van der Waals surface area contributed by atoms with E-state index in [-0.39, 0.29) is 39.3 Å². The number of halogens is 2. The third-order valence-electron chi connectivity index (χ3n) is 5.31. The highest BCUT2D eigenvalue weighted by Gasteiger charge is 2.36.